The predicted octanol–water partition coefficient (Wildman–Crippen LogP) is 3.82. The summed E-state index contributed by atoms with van der Waals surface area (Å²) in [4.78, 5) is 101. The highest BCUT2D eigenvalue weighted by Crippen LogP contribution is 2.66. The first-order chi connectivity index (χ1) is 32.3. The molecule has 3 aliphatic rings. The molecule has 3 heterocycles. The number of rotatable bonds is 13. The number of amides is 4. The summed E-state index contributed by atoms with van der Waals surface area (Å²) >= 11 is 0. The number of carbonyl (C=O) groups is 7. The van der Waals surface area contributed by atoms with Crippen molar-refractivity contribution in [3.63, 3.8) is 0 Å². The fourth-order valence-electron chi connectivity index (χ4n) is 9.60. The highest BCUT2D eigenvalue weighted by Gasteiger charge is 2.75. The van der Waals surface area contributed by atoms with Crippen LogP contribution in [0.1, 0.15) is 66.3 Å². The molecule has 7 rings (SSSR count). The lowest BCUT2D eigenvalue weighted by molar-refractivity contribution is -0.178. The van der Waals surface area contributed by atoms with E-state index in [2.05, 4.69) is 17.2 Å². The number of nitrogens with one attached hydrogen (secondary N) is 1. The standard InChI is InChI=1S/C50H50N4O13/c1-28(2)38(46(59)65-5)52-49(62)53-35-24-23-29(15-14-21-33(44(57)63-3)45(58)64-4)27-34(35)50(48(53)61)37(43(51)56)40-47(60)67-41(31-18-10-7-11-19-31)39(30-16-8-6-9-17-30)54(40)42(50)32-20-12-13-22-36(32)66-26-25-55/h6-13,16-20,22-24,27-28,33,37-42,55H,21,25-26H2,1-5H3,(H2,51,56)(H,52,62)/t37-,38+,39-,40-,41+,42+,50-/m1/s1. The van der Waals surface area contributed by atoms with Gasteiger partial charge in [-0.2, -0.15) is 0 Å². The van der Waals surface area contributed by atoms with Crippen molar-refractivity contribution >= 4 is 47.4 Å². The van der Waals surface area contributed by atoms with Gasteiger partial charge in [0.1, 0.15) is 36.0 Å². The number of morpholine rings is 1. The minimum absolute atomic E-state index is 0.0310. The number of fused-ring (bicyclic) bond motifs is 3. The van der Waals surface area contributed by atoms with E-state index in [0.717, 1.165) is 26.2 Å². The summed E-state index contributed by atoms with van der Waals surface area (Å²) in [5, 5.41) is 12.6. The van der Waals surface area contributed by atoms with Crippen molar-refractivity contribution in [3.05, 3.63) is 131 Å². The highest BCUT2D eigenvalue weighted by atomic mass is 16.6. The topological polar surface area (TPSA) is 230 Å². The van der Waals surface area contributed by atoms with E-state index in [1.54, 1.807) is 79.4 Å². The number of anilines is 1. The maximum atomic E-state index is 16.3. The lowest BCUT2D eigenvalue weighted by atomic mass is 9.65. The number of cyclic esters (lactones) is 1. The number of imide groups is 1. The lowest BCUT2D eigenvalue weighted by Crippen LogP contribution is -2.57. The number of aliphatic hydroxyl groups is 1. The number of nitrogens with zero attached hydrogens (tertiary/aromatic N) is 2. The Bertz CT molecular complexity index is 2610. The van der Waals surface area contributed by atoms with Gasteiger partial charge in [-0.25, -0.2) is 14.5 Å². The number of methoxy groups -OCH3 is 3. The van der Waals surface area contributed by atoms with Crippen LogP contribution in [0.2, 0.25) is 0 Å². The van der Waals surface area contributed by atoms with Gasteiger partial charge in [0.2, 0.25) is 11.8 Å². The molecule has 0 unspecified atom stereocenters. The van der Waals surface area contributed by atoms with Crippen LogP contribution in [-0.4, -0.2) is 98.4 Å². The Morgan fingerprint density at radius 2 is 1.43 bits per heavy atom. The van der Waals surface area contributed by atoms with Gasteiger partial charge in [-0.3, -0.25) is 28.9 Å². The molecule has 3 aliphatic heterocycles. The Kier molecular flexibility index (Phi) is 14.1. The minimum atomic E-state index is -2.28. The largest absolute Gasteiger partial charge is 0.491 e. The fraction of sp³-hybridized carbons (Fsp3) is 0.340. The summed E-state index contributed by atoms with van der Waals surface area (Å²) in [6.45, 7) is 2.78. The zero-order valence-electron chi connectivity index (χ0n) is 37.4. The molecule has 348 valence electrons. The molecule has 4 N–H and O–H groups in total. The average Bonchev–Trinajstić information content (AvgIpc) is 3.80. The van der Waals surface area contributed by atoms with E-state index in [-0.39, 0.29) is 35.6 Å². The number of hydrogen-bond donors (Lipinski definition) is 3. The number of primary amides is 1. The monoisotopic (exact) mass is 914 g/mol. The van der Waals surface area contributed by atoms with Crippen molar-refractivity contribution in [1.82, 2.24) is 10.2 Å². The molecule has 0 aliphatic carbocycles. The third-order valence-electron chi connectivity index (χ3n) is 12.4. The molecule has 4 aromatic carbocycles. The predicted molar refractivity (Wildman–Crippen MR) is 238 cm³/mol. The number of aliphatic hydroxyl groups excluding tert-OH is 1. The minimum Gasteiger partial charge on any atom is -0.491 e. The van der Waals surface area contributed by atoms with E-state index < -0.39 is 102 Å². The quantitative estimate of drug-likeness (QED) is 0.0750. The number of hydrogen-bond acceptors (Lipinski definition) is 14. The van der Waals surface area contributed by atoms with Crippen molar-refractivity contribution in [2.24, 2.45) is 23.5 Å². The lowest BCUT2D eigenvalue weighted by Gasteiger charge is -2.46. The summed E-state index contributed by atoms with van der Waals surface area (Å²) in [5.74, 6) is -3.21. The third-order valence-corrected chi connectivity index (χ3v) is 12.4. The van der Waals surface area contributed by atoms with Crippen LogP contribution in [0.15, 0.2) is 103 Å². The van der Waals surface area contributed by atoms with Crippen molar-refractivity contribution in [2.75, 3.05) is 39.4 Å². The number of ether oxygens (including phenoxy) is 5. The molecular formula is C50H50N4O13. The molecule has 1 spiro atoms. The van der Waals surface area contributed by atoms with Crippen LogP contribution in [0.3, 0.4) is 0 Å². The number of carbonyl (C=O) groups excluding carboxylic acids is 7. The third kappa shape index (κ3) is 8.45. The van der Waals surface area contributed by atoms with E-state index in [1.807, 2.05) is 24.3 Å². The van der Waals surface area contributed by atoms with Crippen molar-refractivity contribution < 1.29 is 62.4 Å². The number of benzene rings is 4. The second kappa shape index (κ2) is 19.9. The molecule has 0 saturated carbocycles. The molecular weight excluding hydrogens is 865 g/mol. The van der Waals surface area contributed by atoms with Crippen molar-refractivity contribution in [2.45, 2.75) is 56.0 Å². The van der Waals surface area contributed by atoms with Gasteiger partial charge in [0, 0.05) is 17.5 Å². The van der Waals surface area contributed by atoms with Gasteiger partial charge in [-0.15, -0.1) is 0 Å². The number of para-hydroxylation sites is 1. The first-order valence-electron chi connectivity index (χ1n) is 21.5. The Morgan fingerprint density at radius 3 is 2.03 bits per heavy atom. The highest BCUT2D eigenvalue weighted by molar-refractivity contribution is 6.25. The van der Waals surface area contributed by atoms with Crippen LogP contribution in [-0.2, 0) is 53.1 Å². The maximum Gasteiger partial charge on any atom is 0.329 e. The second-order valence-electron chi connectivity index (χ2n) is 16.4. The molecule has 2 saturated heterocycles. The second-order valence-corrected chi connectivity index (χ2v) is 16.4. The molecule has 67 heavy (non-hydrogen) atoms. The normalized spacial score (nSPS) is 22.2. The van der Waals surface area contributed by atoms with Gasteiger partial charge >= 0.3 is 29.9 Å². The molecule has 0 aromatic heterocycles. The zero-order chi connectivity index (χ0) is 48.2. The van der Waals surface area contributed by atoms with Gasteiger partial charge < -0.3 is 39.8 Å². The molecule has 4 aromatic rings. The number of nitrogens with two attached hydrogens (primary N) is 1. The van der Waals surface area contributed by atoms with Crippen LogP contribution in [0.25, 0.3) is 0 Å². The molecule has 4 amide bonds. The van der Waals surface area contributed by atoms with Crippen LogP contribution in [0.4, 0.5) is 10.5 Å². The van der Waals surface area contributed by atoms with Crippen LogP contribution in [0.5, 0.6) is 5.75 Å². The molecule has 7 atom stereocenters. The van der Waals surface area contributed by atoms with Crippen molar-refractivity contribution in [3.8, 4) is 17.6 Å². The Hall–Kier alpha value is -7.55. The summed E-state index contributed by atoms with van der Waals surface area (Å²) in [7, 11) is 3.40. The Balaban J connectivity index is 1.56. The zero-order valence-corrected chi connectivity index (χ0v) is 37.4. The summed E-state index contributed by atoms with van der Waals surface area (Å²) in [5.41, 5.74) is 5.94. The summed E-state index contributed by atoms with van der Waals surface area (Å²) < 4.78 is 27.1. The molecule has 17 nitrogen and oxygen atoms in total. The van der Waals surface area contributed by atoms with E-state index >= 15 is 9.59 Å². The molecule has 17 heteroatoms. The number of esters is 4. The summed E-state index contributed by atoms with van der Waals surface area (Å²) in [6.07, 6.45) is -1.36. The van der Waals surface area contributed by atoms with Crippen LogP contribution >= 0.6 is 0 Å². The smallest absolute Gasteiger partial charge is 0.329 e. The maximum absolute atomic E-state index is 16.3. The van der Waals surface area contributed by atoms with Crippen LogP contribution < -0.4 is 20.7 Å². The average molecular weight is 915 g/mol. The van der Waals surface area contributed by atoms with E-state index in [4.69, 9.17) is 29.4 Å². The summed E-state index contributed by atoms with van der Waals surface area (Å²) in [6, 6.07) is 23.0. The molecule has 2 fully saturated rings. The van der Waals surface area contributed by atoms with Gasteiger partial charge in [0.15, 0.2) is 5.92 Å². The van der Waals surface area contributed by atoms with Gasteiger partial charge in [0.05, 0.1) is 51.6 Å². The first-order valence-corrected chi connectivity index (χ1v) is 21.5. The SMILES string of the molecule is COC(=O)C(CC#Cc1ccc2c(c1)[C@]1(C(=O)N2C(=O)N[C@H](C(=O)OC)C(C)C)[C@H](c2ccccc2OCCO)N2[C@H](c3ccccc3)[C@H](c3ccccc3)OC(=O)[C@H]2[C@@H]1C(N)=O)C(=O)OC. The Morgan fingerprint density at radius 1 is 0.821 bits per heavy atom. The van der Waals surface area contributed by atoms with Gasteiger partial charge in [0.25, 0.3) is 0 Å². The number of urea groups is 1. The van der Waals surface area contributed by atoms with Gasteiger partial charge in [-0.05, 0) is 46.9 Å². The van der Waals surface area contributed by atoms with E-state index in [0.29, 0.717) is 16.7 Å². The Labute approximate surface area is 386 Å². The van der Waals surface area contributed by atoms with Gasteiger partial charge in [-0.1, -0.05) is 105 Å². The molecule has 0 bridgehead atoms. The van der Waals surface area contributed by atoms with E-state index in [9.17, 15) is 29.1 Å². The fourth-order valence-corrected chi connectivity index (χ4v) is 9.60. The molecule has 0 radical (unpaired) electrons. The first kappa shape index (κ1) is 47.4. The van der Waals surface area contributed by atoms with Crippen molar-refractivity contribution in [1.29, 1.82) is 0 Å². The van der Waals surface area contributed by atoms with E-state index in [1.165, 1.54) is 18.2 Å². The van der Waals surface area contributed by atoms with Crippen LogP contribution in [0, 0.1) is 29.6 Å².